The van der Waals surface area contributed by atoms with Gasteiger partial charge in [0, 0.05) is 26.7 Å². The van der Waals surface area contributed by atoms with E-state index in [4.69, 9.17) is 14.6 Å². The van der Waals surface area contributed by atoms with Crippen molar-refractivity contribution in [3.8, 4) is 0 Å². The summed E-state index contributed by atoms with van der Waals surface area (Å²) >= 11 is 0. The highest BCUT2D eigenvalue weighted by Crippen LogP contribution is 2.08. The number of hydrogen-bond donors (Lipinski definition) is 1. The summed E-state index contributed by atoms with van der Waals surface area (Å²) in [5.74, 6) is -1.08. The molecule has 0 bridgehead atoms. The molecule has 1 aromatic rings. The fourth-order valence-corrected chi connectivity index (χ4v) is 2.02. The Bertz CT molecular complexity index is 428. The molecule has 0 spiro atoms. The Morgan fingerprint density at radius 3 is 2.79 bits per heavy atom. The standard InChI is InChI=1S/C11H18N4O4/c1-18-8-9-10(11(16)17)12-13-15(9)3-2-14-4-6-19-7-5-14/h2-8H2,1H3,(H,16,17). The van der Waals surface area contributed by atoms with E-state index in [1.807, 2.05) is 0 Å². The molecule has 1 aromatic heterocycles. The van der Waals surface area contributed by atoms with Crippen LogP contribution in [-0.4, -0.2) is 70.9 Å². The first-order valence-corrected chi connectivity index (χ1v) is 6.17. The van der Waals surface area contributed by atoms with Crippen molar-refractivity contribution >= 4 is 5.97 Å². The van der Waals surface area contributed by atoms with Gasteiger partial charge in [-0.05, 0) is 0 Å². The van der Waals surface area contributed by atoms with Crippen molar-refractivity contribution in [2.24, 2.45) is 0 Å². The van der Waals surface area contributed by atoms with Crippen LogP contribution < -0.4 is 0 Å². The van der Waals surface area contributed by atoms with Gasteiger partial charge in [0.2, 0.25) is 0 Å². The molecule has 1 saturated heterocycles. The summed E-state index contributed by atoms with van der Waals surface area (Å²) < 4.78 is 11.9. The summed E-state index contributed by atoms with van der Waals surface area (Å²) in [6.45, 7) is 4.84. The third-order valence-electron chi connectivity index (χ3n) is 3.05. The molecule has 0 unspecified atom stereocenters. The first-order valence-electron chi connectivity index (χ1n) is 6.17. The molecule has 2 heterocycles. The first kappa shape index (κ1) is 13.9. The molecule has 0 aliphatic carbocycles. The molecule has 0 radical (unpaired) electrons. The minimum atomic E-state index is -1.08. The number of ether oxygens (including phenoxy) is 2. The molecular weight excluding hydrogens is 252 g/mol. The zero-order valence-corrected chi connectivity index (χ0v) is 10.9. The number of aromatic carboxylic acids is 1. The van der Waals surface area contributed by atoms with Crippen LogP contribution >= 0.6 is 0 Å². The molecule has 1 aliphatic heterocycles. The quantitative estimate of drug-likeness (QED) is 0.742. The van der Waals surface area contributed by atoms with Crippen molar-refractivity contribution in [2.45, 2.75) is 13.2 Å². The SMILES string of the molecule is COCc1c(C(=O)O)nnn1CCN1CCOCC1. The lowest BCUT2D eigenvalue weighted by Crippen LogP contribution is -2.38. The van der Waals surface area contributed by atoms with Crippen molar-refractivity contribution < 1.29 is 19.4 Å². The summed E-state index contributed by atoms with van der Waals surface area (Å²) in [4.78, 5) is 13.3. The van der Waals surface area contributed by atoms with Crippen LogP contribution in [0.15, 0.2) is 0 Å². The number of carbonyl (C=O) groups is 1. The second-order valence-corrected chi connectivity index (χ2v) is 4.30. The number of carboxylic acid groups (broad SMARTS) is 1. The third kappa shape index (κ3) is 3.49. The number of hydrogen-bond acceptors (Lipinski definition) is 6. The zero-order chi connectivity index (χ0) is 13.7. The highest BCUT2D eigenvalue weighted by molar-refractivity contribution is 5.86. The van der Waals surface area contributed by atoms with Crippen LogP contribution in [0.1, 0.15) is 16.2 Å². The Kier molecular flexibility index (Phi) is 4.83. The molecule has 0 saturated carbocycles. The summed E-state index contributed by atoms with van der Waals surface area (Å²) in [5.41, 5.74) is 0.465. The van der Waals surface area contributed by atoms with Crippen molar-refractivity contribution in [2.75, 3.05) is 40.0 Å². The van der Waals surface area contributed by atoms with Gasteiger partial charge in [0.05, 0.1) is 32.1 Å². The highest BCUT2D eigenvalue weighted by Gasteiger charge is 2.19. The Labute approximate surface area is 110 Å². The van der Waals surface area contributed by atoms with E-state index in [2.05, 4.69) is 15.2 Å². The van der Waals surface area contributed by atoms with E-state index in [1.54, 1.807) is 4.68 Å². The molecule has 0 aromatic carbocycles. The van der Waals surface area contributed by atoms with Crippen LogP contribution in [0.3, 0.4) is 0 Å². The largest absolute Gasteiger partial charge is 0.476 e. The van der Waals surface area contributed by atoms with Gasteiger partial charge < -0.3 is 14.6 Å². The number of aromatic nitrogens is 3. The highest BCUT2D eigenvalue weighted by atomic mass is 16.5. The Hall–Kier alpha value is -1.51. The van der Waals surface area contributed by atoms with Crippen LogP contribution in [0, 0.1) is 0 Å². The van der Waals surface area contributed by atoms with Gasteiger partial charge in [-0.25, -0.2) is 9.48 Å². The Morgan fingerprint density at radius 2 is 2.16 bits per heavy atom. The van der Waals surface area contributed by atoms with Crippen molar-refractivity contribution in [3.05, 3.63) is 11.4 Å². The predicted molar refractivity (Wildman–Crippen MR) is 65.0 cm³/mol. The lowest BCUT2D eigenvalue weighted by Gasteiger charge is -2.26. The molecular formula is C11H18N4O4. The molecule has 1 N–H and O–H groups in total. The average molecular weight is 270 g/mol. The number of methoxy groups -OCH3 is 1. The van der Waals surface area contributed by atoms with Gasteiger partial charge >= 0.3 is 5.97 Å². The summed E-state index contributed by atoms with van der Waals surface area (Å²) in [5, 5.41) is 16.6. The van der Waals surface area contributed by atoms with Gasteiger partial charge in [-0.3, -0.25) is 4.90 Å². The van der Waals surface area contributed by atoms with Crippen LogP contribution in [-0.2, 0) is 22.6 Å². The Balaban J connectivity index is 2.00. The molecule has 0 atom stereocenters. The fraction of sp³-hybridized carbons (Fsp3) is 0.727. The van der Waals surface area contributed by atoms with Gasteiger partial charge in [0.15, 0.2) is 5.69 Å². The maximum Gasteiger partial charge on any atom is 0.358 e. The van der Waals surface area contributed by atoms with Crippen LogP contribution in [0.5, 0.6) is 0 Å². The van der Waals surface area contributed by atoms with E-state index in [1.165, 1.54) is 7.11 Å². The number of rotatable bonds is 6. The van der Waals surface area contributed by atoms with E-state index in [9.17, 15) is 4.79 Å². The van der Waals surface area contributed by atoms with Gasteiger partial charge in [-0.1, -0.05) is 5.21 Å². The van der Waals surface area contributed by atoms with E-state index < -0.39 is 5.97 Å². The third-order valence-corrected chi connectivity index (χ3v) is 3.05. The smallest absolute Gasteiger partial charge is 0.358 e. The molecule has 8 nitrogen and oxygen atoms in total. The normalized spacial score (nSPS) is 16.7. The van der Waals surface area contributed by atoms with E-state index in [0.29, 0.717) is 12.2 Å². The number of morpholine rings is 1. The van der Waals surface area contributed by atoms with E-state index in [0.717, 1.165) is 32.8 Å². The lowest BCUT2D eigenvalue weighted by atomic mass is 10.3. The van der Waals surface area contributed by atoms with Gasteiger partial charge in [-0.15, -0.1) is 5.10 Å². The topological polar surface area (TPSA) is 89.7 Å². The van der Waals surface area contributed by atoms with Crippen LogP contribution in [0.25, 0.3) is 0 Å². The minimum Gasteiger partial charge on any atom is -0.476 e. The molecule has 0 amide bonds. The zero-order valence-electron chi connectivity index (χ0n) is 10.9. The second kappa shape index (κ2) is 6.60. The molecule has 8 heteroatoms. The predicted octanol–water partition coefficient (Wildman–Crippen LogP) is -0.545. The second-order valence-electron chi connectivity index (χ2n) is 4.30. The lowest BCUT2D eigenvalue weighted by molar-refractivity contribution is 0.0356. The van der Waals surface area contributed by atoms with Crippen molar-refractivity contribution in [3.63, 3.8) is 0 Å². The van der Waals surface area contributed by atoms with Crippen molar-refractivity contribution in [1.29, 1.82) is 0 Å². The Morgan fingerprint density at radius 1 is 1.42 bits per heavy atom. The molecule has 2 rings (SSSR count). The molecule has 19 heavy (non-hydrogen) atoms. The van der Waals surface area contributed by atoms with Gasteiger partial charge in [0.1, 0.15) is 0 Å². The summed E-state index contributed by atoms with van der Waals surface area (Å²) in [6.07, 6.45) is 0. The fourth-order valence-electron chi connectivity index (χ4n) is 2.02. The summed E-state index contributed by atoms with van der Waals surface area (Å²) in [6, 6.07) is 0. The maximum atomic E-state index is 11.0. The van der Waals surface area contributed by atoms with Crippen LogP contribution in [0.2, 0.25) is 0 Å². The molecule has 106 valence electrons. The minimum absolute atomic E-state index is 0.0381. The average Bonchev–Trinajstić information content (AvgIpc) is 2.81. The maximum absolute atomic E-state index is 11.0. The van der Waals surface area contributed by atoms with Gasteiger partial charge in [0.25, 0.3) is 0 Å². The van der Waals surface area contributed by atoms with Gasteiger partial charge in [-0.2, -0.15) is 0 Å². The van der Waals surface area contributed by atoms with Crippen molar-refractivity contribution in [1.82, 2.24) is 19.9 Å². The monoisotopic (exact) mass is 270 g/mol. The molecule has 1 fully saturated rings. The number of carboxylic acids is 1. The first-order chi connectivity index (χ1) is 9.22. The van der Waals surface area contributed by atoms with Crippen LogP contribution in [0.4, 0.5) is 0 Å². The molecule has 1 aliphatic rings. The number of nitrogens with zero attached hydrogens (tertiary/aromatic N) is 4. The summed E-state index contributed by atoms with van der Waals surface area (Å²) in [7, 11) is 1.52. The van der Waals surface area contributed by atoms with E-state index in [-0.39, 0.29) is 12.3 Å². The van der Waals surface area contributed by atoms with E-state index >= 15 is 0 Å².